The standard InChI is InChI=1S/C10H20O2/c1-8-5-4-6-10(3,12)9(8,2)7-11/h8,11-12H,4-7H2,1-3H3. The summed E-state index contributed by atoms with van der Waals surface area (Å²) in [5, 5.41) is 19.4. The van der Waals surface area contributed by atoms with Gasteiger partial charge in [-0.25, -0.2) is 0 Å². The summed E-state index contributed by atoms with van der Waals surface area (Å²) in [6, 6.07) is 0. The Bertz CT molecular complexity index is 165. The van der Waals surface area contributed by atoms with Gasteiger partial charge in [0.1, 0.15) is 0 Å². The highest BCUT2D eigenvalue weighted by molar-refractivity contribution is 4.98. The van der Waals surface area contributed by atoms with Gasteiger partial charge in [-0.15, -0.1) is 0 Å². The van der Waals surface area contributed by atoms with E-state index in [-0.39, 0.29) is 12.0 Å². The van der Waals surface area contributed by atoms with Crippen molar-refractivity contribution in [3.05, 3.63) is 0 Å². The molecule has 1 aliphatic carbocycles. The molecule has 1 saturated carbocycles. The van der Waals surface area contributed by atoms with Gasteiger partial charge in [-0.3, -0.25) is 0 Å². The molecule has 0 aromatic carbocycles. The maximum Gasteiger partial charge on any atom is 0.0697 e. The Morgan fingerprint density at radius 1 is 1.42 bits per heavy atom. The second kappa shape index (κ2) is 3.00. The summed E-state index contributed by atoms with van der Waals surface area (Å²) in [7, 11) is 0. The molecule has 1 aliphatic rings. The first kappa shape index (κ1) is 10.0. The van der Waals surface area contributed by atoms with Gasteiger partial charge in [0.05, 0.1) is 12.2 Å². The molecule has 0 saturated heterocycles. The van der Waals surface area contributed by atoms with E-state index >= 15 is 0 Å². The topological polar surface area (TPSA) is 40.5 Å². The summed E-state index contributed by atoms with van der Waals surface area (Å²) in [5.74, 6) is 0.409. The van der Waals surface area contributed by atoms with Gasteiger partial charge in [0, 0.05) is 5.41 Å². The van der Waals surface area contributed by atoms with Crippen LogP contribution in [0.5, 0.6) is 0 Å². The van der Waals surface area contributed by atoms with Gasteiger partial charge in [0.15, 0.2) is 0 Å². The van der Waals surface area contributed by atoms with E-state index in [2.05, 4.69) is 6.92 Å². The molecule has 3 unspecified atom stereocenters. The van der Waals surface area contributed by atoms with Gasteiger partial charge in [-0.05, 0) is 25.7 Å². The third kappa shape index (κ3) is 1.27. The molecule has 2 heteroatoms. The Kier molecular flexibility index (Phi) is 2.50. The fourth-order valence-electron chi connectivity index (χ4n) is 2.21. The second-order valence-electron chi connectivity index (χ2n) is 4.64. The van der Waals surface area contributed by atoms with Crippen molar-refractivity contribution in [2.45, 2.75) is 45.6 Å². The lowest BCUT2D eigenvalue weighted by Crippen LogP contribution is -2.53. The number of hydrogen-bond donors (Lipinski definition) is 2. The van der Waals surface area contributed by atoms with Crippen LogP contribution in [0, 0.1) is 11.3 Å². The predicted molar refractivity (Wildman–Crippen MR) is 48.8 cm³/mol. The third-order valence-electron chi connectivity index (χ3n) is 3.95. The highest BCUT2D eigenvalue weighted by Gasteiger charge is 2.48. The second-order valence-corrected chi connectivity index (χ2v) is 4.64. The monoisotopic (exact) mass is 172 g/mol. The number of hydrogen-bond acceptors (Lipinski definition) is 2. The normalized spacial score (nSPS) is 49.2. The van der Waals surface area contributed by atoms with Gasteiger partial charge in [-0.2, -0.15) is 0 Å². The van der Waals surface area contributed by atoms with Crippen molar-refractivity contribution in [2.24, 2.45) is 11.3 Å². The lowest BCUT2D eigenvalue weighted by atomic mass is 9.60. The highest BCUT2D eigenvalue weighted by Crippen LogP contribution is 2.47. The Hall–Kier alpha value is -0.0800. The van der Waals surface area contributed by atoms with Crippen molar-refractivity contribution in [3.63, 3.8) is 0 Å². The summed E-state index contributed by atoms with van der Waals surface area (Å²) >= 11 is 0. The molecule has 0 aliphatic heterocycles. The van der Waals surface area contributed by atoms with Crippen molar-refractivity contribution in [1.82, 2.24) is 0 Å². The van der Waals surface area contributed by atoms with E-state index in [1.165, 1.54) is 0 Å². The Labute approximate surface area is 74.6 Å². The quantitative estimate of drug-likeness (QED) is 0.630. The number of aliphatic hydroxyl groups is 2. The first-order valence-corrected chi connectivity index (χ1v) is 4.77. The van der Waals surface area contributed by atoms with E-state index in [4.69, 9.17) is 0 Å². The third-order valence-corrected chi connectivity index (χ3v) is 3.95. The molecule has 0 amide bonds. The molecular weight excluding hydrogens is 152 g/mol. The molecular formula is C10H20O2. The fraction of sp³-hybridized carbons (Fsp3) is 1.00. The Morgan fingerprint density at radius 2 is 2.00 bits per heavy atom. The van der Waals surface area contributed by atoms with Crippen LogP contribution in [-0.2, 0) is 0 Å². The predicted octanol–water partition coefficient (Wildman–Crippen LogP) is 1.56. The minimum absolute atomic E-state index is 0.0845. The molecule has 0 heterocycles. The van der Waals surface area contributed by atoms with Gasteiger partial charge in [0.2, 0.25) is 0 Å². The summed E-state index contributed by atoms with van der Waals surface area (Å²) in [4.78, 5) is 0. The summed E-state index contributed by atoms with van der Waals surface area (Å²) in [6.45, 7) is 6.03. The van der Waals surface area contributed by atoms with Crippen LogP contribution in [0.15, 0.2) is 0 Å². The molecule has 72 valence electrons. The van der Waals surface area contributed by atoms with Crippen molar-refractivity contribution in [3.8, 4) is 0 Å². The minimum Gasteiger partial charge on any atom is -0.396 e. The first-order chi connectivity index (χ1) is 5.44. The van der Waals surface area contributed by atoms with Gasteiger partial charge in [-0.1, -0.05) is 20.3 Å². The summed E-state index contributed by atoms with van der Waals surface area (Å²) in [6.07, 6.45) is 3.01. The van der Waals surface area contributed by atoms with Gasteiger partial charge in [0.25, 0.3) is 0 Å². The van der Waals surface area contributed by atoms with Crippen LogP contribution < -0.4 is 0 Å². The van der Waals surface area contributed by atoms with Gasteiger partial charge >= 0.3 is 0 Å². The van der Waals surface area contributed by atoms with Crippen molar-refractivity contribution >= 4 is 0 Å². The van der Waals surface area contributed by atoms with Crippen LogP contribution in [0.25, 0.3) is 0 Å². The molecule has 3 atom stereocenters. The molecule has 0 radical (unpaired) electrons. The average Bonchev–Trinajstić information content (AvgIpc) is 2.00. The van der Waals surface area contributed by atoms with E-state index in [1.807, 2.05) is 13.8 Å². The number of aliphatic hydroxyl groups excluding tert-OH is 1. The Morgan fingerprint density at radius 3 is 2.33 bits per heavy atom. The molecule has 0 aromatic rings. The molecule has 2 N–H and O–H groups in total. The Balaban J connectivity index is 2.88. The van der Waals surface area contributed by atoms with E-state index in [1.54, 1.807) is 0 Å². The highest BCUT2D eigenvalue weighted by atomic mass is 16.3. The molecule has 1 fully saturated rings. The zero-order chi connectivity index (χ0) is 9.41. The van der Waals surface area contributed by atoms with Crippen LogP contribution in [-0.4, -0.2) is 22.4 Å². The van der Waals surface area contributed by atoms with Crippen LogP contribution in [0.4, 0.5) is 0 Å². The molecule has 0 spiro atoms. The lowest BCUT2D eigenvalue weighted by molar-refractivity contribution is -0.141. The maximum atomic E-state index is 10.1. The lowest BCUT2D eigenvalue weighted by Gasteiger charge is -2.49. The maximum absolute atomic E-state index is 10.1. The fourth-order valence-corrected chi connectivity index (χ4v) is 2.21. The smallest absolute Gasteiger partial charge is 0.0697 e. The van der Waals surface area contributed by atoms with Crippen LogP contribution >= 0.6 is 0 Å². The largest absolute Gasteiger partial charge is 0.396 e. The SMILES string of the molecule is CC1CCCC(C)(O)C1(C)CO. The van der Waals surface area contributed by atoms with Crippen molar-refractivity contribution in [2.75, 3.05) is 6.61 Å². The van der Waals surface area contributed by atoms with E-state index in [9.17, 15) is 10.2 Å². The average molecular weight is 172 g/mol. The van der Waals surface area contributed by atoms with E-state index in [0.29, 0.717) is 5.92 Å². The summed E-state index contributed by atoms with van der Waals surface area (Å²) in [5.41, 5.74) is -1.01. The summed E-state index contributed by atoms with van der Waals surface area (Å²) < 4.78 is 0. The molecule has 2 nitrogen and oxygen atoms in total. The van der Waals surface area contributed by atoms with Crippen LogP contribution in [0.3, 0.4) is 0 Å². The molecule has 0 bridgehead atoms. The molecule has 1 rings (SSSR count). The molecule has 0 aromatic heterocycles. The zero-order valence-corrected chi connectivity index (χ0v) is 8.30. The van der Waals surface area contributed by atoms with Crippen LogP contribution in [0.2, 0.25) is 0 Å². The van der Waals surface area contributed by atoms with Crippen molar-refractivity contribution < 1.29 is 10.2 Å². The van der Waals surface area contributed by atoms with Crippen LogP contribution in [0.1, 0.15) is 40.0 Å². The number of rotatable bonds is 1. The molecule has 12 heavy (non-hydrogen) atoms. The van der Waals surface area contributed by atoms with Gasteiger partial charge < -0.3 is 10.2 Å². The zero-order valence-electron chi connectivity index (χ0n) is 8.30. The first-order valence-electron chi connectivity index (χ1n) is 4.77. The van der Waals surface area contributed by atoms with E-state index < -0.39 is 5.60 Å². The van der Waals surface area contributed by atoms with Crippen molar-refractivity contribution in [1.29, 1.82) is 0 Å². The minimum atomic E-state index is -0.695. The van der Waals surface area contributed by atoms with E-state index in [0.717, 1.165) is 19.3 Å².